The lowest BCUT2D eigenvalue weighted by molar-refractivity contribution is 0.179. The van der Waals surface area contributed by atoms with Crippen molar-refractivity contribution in [3.05, 3.63) is 29.8 Å². The molecule has 1 N–H and O–H groups in total. The van der Waals surface area contributed by atoms with Crippen LogP contribution >= 0.6 is 12.2 Å². The first kappa shape index (κ1) is 13.9. The summed E-state index contributed by atoms with van der Waals surface area (Å²) < 4.78 is 5.07. The highest BCUT2D eigenvalue weighted by molar-refractivity contribution is 7.80. The minimum atomic E-state index is 0.208. The van der Waals surface area contributed by atoms with Gasteiger partial charge < -0.3 is 15.0 Å². The van der Waals surface area contributed by atoms with Crippen LogP contribution < -0.4 is 10.2 Å². The van der Waals surface area contributed by atoms with E-state index in [0.717, 1.165) is 5.69 Å². The monoisotopic (exact) mass is 252 g/mol. The second kappa shape index (κ2) is 6.57. The molecule has 17 heavy (non-hydrogen) atoms. The first-order valence-corrected chi connectivity index (χ1v) is 6.05. The van der Waals surface area contributed by atoms with E-state index in [9.17, 15) is 0 Å². The Kier molecular flexibility index (Phi) is 5.38. The smallest absolute Gasteiger partial charge is 0.173 e. The standard InChI is InChI=1S/C13H20N2OS/c1-10-6-5-7-12(8-10)15(3)13(17)14-11(2)9-16-4/h5-8,11H,9H2,1-4H3,(H,14,17). The van der Waals surface area contributed by atoms with Crippen molar-refractivity contribution < 1.29 is 4.74 Å². The van der Waals surface area contributed by atoms with Gasteiger partial charge in [-0.15, -0.1) is 0 Å². The zero-order valence-corrected chi connectivity index (χ0v) is 11.7. The molecular formula is C13H20N2OS. The first-order valence-electron chi connectivity index (χ1n) is 5.64. The molecule has 1 atom stereocenters. The van der Waals surface area contributed by atoms with Crippen LogP contribution in [0.2, 0.25) is 0 Å². The third kappa shape index (κ3) is 4.32. The van der Waals surface area contributed by atoms with Crippen molar-refractivity contribution in [2.75, 3.05) is 25.7 Å². The Hall–Kier alpha value is -1.13. The Balaban J connectivity index is 2.63. The fraction of sp³-hybridized carbons (Fsp3) is 0.462. The molecule has 94 valence electrons. The third-order valence-corrected chi connectivity index (χ3v) is 2.87. The summed E-state index contributed by atoms with van der Waals surface area (Å²) in [5.74, 6) is 0. The Labute approximate surface area is 109 Å². The third-order valence-electron chi connectivity index (χ3n) is 2.48. The molecule has 0 saturated carbocycles. The minimum absolute atomic E-state index is 0.208. The van der Waals surface area contributed by atoms with E-state index in [4.69, 9.17) is 17.0 Å². The Morgan fingerprint density at radius 3 is 2.82 bits per heavy atom. The molecule has 1 aromatic rings. The van der Waals surface area contributed by atoms with Crippen LogP contribution in [0.1, 0.15) is 12.5 Å². The molecule has 0 aromatic heterocycles. The second-order valence-electron chi connectivity index (χ2n) is 4.20. The first-order chi connectivity index (χ1) is 8.04. The Morgan fingerprint density at radius 1 is 1.53 bits per heavy atom. The van der Waals surface area contributed by atoms with Gasteiger partial charge in [0.1, 0.15) is 0 Å². The summed E-state index contributed by atoms with van der Waals surface area (Å²) in [7, 11) is 3.65. The lowest BCUT2D eigenvalue weighted by Gasteiger charge is -2.24. The summed E-state index contributed by atoms with van der Waals surface area (Å²) in [6.45, 7) is 4.75. The molecule has 1 aromatic carbocycles. The molecule has 1 rings (SSSR count). The molecule has 0 bridgehead atoms. The SMILES string of the molecule is COCC(C)NC(=S)N(C)c1cccc(C)c1. The van der Waals surface area contributed by atoms with Gasteiger partial charge in [-0.1, -0.05) is 12.1 Å². The van der Waals surface area contributed by atoms with Gasteiger partial charge in [-0.3, -0.25) is 0 Å². The Bertz CT molecular complexity index is 381. The van der Waals surface area contributed by atoms with Crippen LogP contribution in [0.3, 0.4) is 0 Å². The molecule has 0 aliphatic rings. The summed E-state index contributed by atoms with van der Waals surface area (Å²) >= 11 is 5.35. The van der Waals surface area contributed by atoms with Crippen molar-refractivity contribution in [3.8, 4) is 0 Å². The predicted molar refractivity (Wildman–Crippen MR) is 76.7 cm³/mol. The zero-order valence-electron chi connectivity index (χ0n) is 10.9. The van der Waals surface area contributed by atoms with E-state index in [-0.39, 0.29) is 6.04 Å². The number of benzene rings is 1. The molecular weight excluding hydrogens is 232 g/mol. The molecule has 0 aliphatic heterocycles. The van der Waals surface area contributed by atoms with E-state index in [1.54, 1.807) is 7.11 Å². The Morgan fingerprint density at radius 2 is 2.24 bits per heavy atom. The topological polar surface area (TPSA) is 24.5 Å². The van der Waals surface area contributed by atoms with E-state index in [1.807, 2.05) is 31.0 Å². The number of nitrogens with zero attached hydrogens (tertiary/aromatic N) is 1. The summed E-state index contributed by atoms with van der Waals surface area (Å²) in [6, 6.07) is 8.46. The number of rotatable bonds is 4. The van der Waals surface area contributed by atoms with Gasteiger partial charge >= 0.3 is 0 Å². The summed E-state index contributed by atoms with van der Waals surface area (Å²) in [5.41, 5.74) is 2.31. The average Bonchev–Trinajstić information content (AvgIpc) is 2.28. The van der Waals surface area contributed by atoms with Crippen molar-refractivity contribution in [2.24, 2.45) is 0 Å². The van der Waals surface area contributed by atoms with E-state index >= 15 is 0 Å². The second-order valence-corrected chi connectivity index (χ2v) is 4.59. The van der Waals surface area contributed by atoms with Gasteiger partial charge in [-0.05, 0) is 43.8 Å². The number of thiocarbonyl (C=S) groups is 1. The maximum atomic E-state index is 5.35. The van der Waals surface area contributed by atoms with E-state index in [2.05, 4.69) is 24.4 Å². The molecule has 4 heteroatoms. The van der Waals surface area contributed by atoms with Crippen molar-refractivity contribution in [3.63, 3.8) is 0 Å². The van der Waals surface area contributed by atoms with Gasteiger partial charge in [-0.25, -0.2) is 0 Å². The normalized spacial score (nSPS) is 12.0. The molecule has 0 spiro atoms. The summed E-state index contributed by atoms with van der Waals surface area (Å²) in [6.07, 6.45) is 0. The van der Waals surface area contributed by atoms with Gasteiger partial charge in [0.25, 0.3) is 0 Å². The van der Waals surface area contributed by atoms with Crippen molar-refractivity contribution >= 4 is 23.0 Å². The highest BCUT2D eigenvalue weighted by Crippen LogP contribution is 2.14. The number of anilines is 1. The van der Waals surface area contributed by atoms with Gasteiger partial charge in [0, 0.05) is 25.9 Å². The van der Waals surface area contributed by atoms with Gasteiger partial charge in [0.05, 0.1) is 6.61 Å². The van der Waals surface area contributed by atoms with E-state index in [1.165, 1.54) is 5.56 Å². The summed E-state index contributed by atoms with van der Waals surface area (Å²) in [5, 5.41) is 3.94. The van der Waals surface area contributed by atoms with Crippen LogP contribution in [0, 0.1) is 6.92 Å². The van der Waals surface area contributed by atoms with Crippen LogP contribution in [0.4, 0.5) is 5.69 Å². The van der Waals surface area contributed by atoms with Crippen molar-refractivity contribution in [2.45, 2.75) is 19.9 Å². The largest absolute Gasteiger partial charge is 0.383 e. The van der Waals surface area contributed by atoms with Gasteiger partial charge in [0.2, 0.25) is 0 Å². The summed E-state index contributed by atoms with van der Waals surface area (Å²) in [4.78, 5) is 1.97. The molecule has 0 saturated heterocycles. The van der Waals surface area contributed by atoms with E-state index < -0.39 is 0 Å². The number of methoxy groups -OCH3 is 1. The predicted octanol–water partition coefficient (Wildman–Crippen LogP) is 2.34. The number of hydrogen-bond donors (Lipinski definition) is 1. The van der Waals surface area contributed by atoms with Crippen molar-refractivity contribution in [1.82, 2.24) is 5.32 Å². The zero-order chi connectivity index (χ0) is 12.8. The number of aryl methyl sites for hydroxylation is 1. The molecule has 0 amide bonds. The molecule has 0 radical (unpaired) electrons. The van der Waals surface area contributed by atoms with Gasteiger partial charge in [-0.2, -0.15) is 0 Å². The fourth-order valence-corrected chi connectivity index (χ4v) is 1.86. The quantitative estimate of drug-likeness (QED) is 0.831. The number of nitrogens with one attached hydrogen (secondary N) is 1. The van der Waals surface area contributed by atoms with Crippen molar-refractivity contribution in [1.29, 1.82) is 0 Å². The minimum Gasteiger partial charge on any atom is -0.383 e. The molecule has 3 nitrogen and oxygen atoms in total. The van der Waals surface area contributed by atoms with Crippen LogP contribution in [-0.2, 0) is 4.74 Å². The fourth-order valence-electron chi connectivity index (χ4n) is 1.55. The van der Waals surface area contributed by atoms with Crippen LogP contribution in [0.15, 0.2) is 24.3 Å². The lowest BCUT2D eigenvalue weighted by atomic mass is 10.2. The average molecular weight is 252 g/mol. The number of ether oxygens (including phenoxy) is 1. The van der Waals surface area contributed by atoms with Crippen LogP contribution in [0.25, 0.3) is 0 Å². The van der Waals surface area contributed by atoms with Crippen LogP contribution in [-0.4, -0.2) is 31.9 Å². The van der Waals surface area contributed by atoms with E-state index in [0.29, 0.717) is 11.7 Å². The molecule has 1 unspecified atom stereocenters. The van der Waals surface area contributed by atoms with Crippen LogP contribution in [0.5, 0.6) is 0 Å². The number of hydrogen-bond acceptors (Lipinski definition) is 2. The molecule has 0 heterocycles. The maximum absolute atomic E-state index is 5.35. The maximum Gasteiger partial charge on any atom is 0.173 e. The van der Waals surface area contributed by atoms with Gasteiger partial charge in [0.15, 0.2) is 5.11 Å². The highest BCUT2D eigenvalue weighted by atomic mass is 32.1. The molecule has 0 fully saturated rings. The highest BCUT2D eigenvalue weighted by Gasteiger charge is 2.09. The lowest BCUT2D eigenvalue weighted by Crippen LogP contribution is -2.43. The molecule has 0 aliphatic carbocycles.